The van der Waals surface area contributed by atoms with Crippen molar-refractivity contribution in [3.05, 3.63) is 54.1 Å². The van der Waals surface area contributed by atoms with E-state index in [0.29, 0.717) is 5.56 Å². The van der Waals surface area contributed by atoms with E-state index in [4.69, 9.17) is 4.74 Å². The molecule has 2 nitrogen and oxygen atoms in total. The van der Waals surface area contributed by atoms with Crippen molar-refractivity contribution < 1.29 is 9.53 Å². The van der Waals surface area contributed by atoms with Crippen molar-refractivity contribution in [1.82, 2.24) is 0 Å². The summed E-state index contributed by atoms with van der Waals surface area (Å²) in [4.78, 5) is 10.7. The van der Waals surface area contributed by atoms with Gasteiger partial charge in [-0.3, -0.25) is 4.79 Å². The Labute approximate surface area is 132 Å². The van der Waals surface area contributed by atoms with Crippen LogP contribution in [-0.4, -0.2) is 12.9 Å². The summed E-state index contributed by atoms with van der Waals surface area (Å²) in [6, 6.07) is 15.9. The zero-order valence-corrected chi connectivity index (χ0v) is 12.8. The molecule has 1 fully saturated rings. The van der Waals surface area contributed by atoms with E-state index in [9.17, 15) is 4.79 Å². The average molecular weight is 294 g/mol. The van der Waals surface area contributed by atoms with Crippen LogP contribution in [0.2, 0.25) is 0 Å². The predicted molar refractivity (Wildman–Crippen MR) is 89.3 cm³/mol. The van der Waals surface area contributed by atoms with Gasteiger partial charge >= 0.3 is 0 Å². The lowest BCUT2D eigenvalue weighted by Crippen LogP contribution is -2.15. The summed E-state index contributed by atoms with van der Waals surface area (Å²) < 4.78 is 5.93. The molecule has 0 aromatic heterocycles. The van der Waals surface area contributed by atoms with Crippen LogP contribution in [0, 0.1) is 5.92 Å². The Bertz CT molecular complexity index is 593. The number of carbonyl (C=O) groups excluding carboxylic acids is 1. The monoisotopic (exact) mass is 294 g/mol. The molecular weight excluding hydrogens is 272 g/mol. The summed E-state index contributed by atoms with van der Waals surface area (Å²) in [6.45, 7) is 0.841. The molecule has 3 rings (SSSR count). The van der Waals surface area contributed by atoms with Crippen molar-refractivity contribution in [3.63, 3.8) is 0 Å². The quantitative estimate of drug-likeness (QED) is 0.715. The second kappa shape index (κ2) is 7.26. The fourth-order valence-electron chi connectivity index (χ4n) is 3.07. The molecule has 2 aromatic carbocycles. The van der Waals surface area contributed by atoms with Crippen molar-refractivity contribution >= 4 is 6.29 Å². The Hall–Kier alpha value is -2.09. The van der Waals surface area contributed by atoms with Crippen LogP contribution in [-0.2, 0) is 0 Å². The van der Waals surface area contributed by atoms with E-state index in [0.717, 1.165) is 35.7 Å². The van der Waals surface area contributed by atoms with Crippen LogP contribution in [0.3, 0.4) is 0 Å². The summed E-state index contributed by atoms with van der Waals surface area (Å²) in [5, 5.41) is 0. The average Bonchev–Trinajstić information content (AvgIpc) is 2.61. The van der Waals surface area contributed by atoms with Crippen LogP contribution < -0.4 is 4.74 Å². The van der Waals surface area contributed by atoms with Crippen LogP contribution in [0.1, 0.15) is 42.5 Å². The number of hydrogen-bond acceptors (Lipinski definition) is 2. The van der Waals surface area contributed by atoms with Gasteiger partial charge in [0.2, 0.25) is 0 Å². The number of aldehydes is 1. The van der Waals surface area contributed by atoms with E-state index in [-0.39, 0.29) is 0 Å². The van der Waals surface area contributed by atoms with Crippen LogP contribution in [0.15, 0.2) is 48.5 Å². The van der Waals surface area contributed by atoms with E-state index < -0.39 is 0 Å². The first-order valence-corrected chi connectivity index (χ1v) is 8.13. The maximum Gasteiger partial charge on any atom is 0.150 e. The third-order valence-electron chi connectivity index (χ3n) is 4.44. The van der Waals surface area contributed by atoms with E-state index in [2.05, 4.69) is 12.1 Å². The molecule has 0 spiro atoms. The summed E-state index contributed by atoms with van der Waals surface area (Å²) in [6.07, 6.45) is 7.57. The lowest BCUT2D eigenvalue weighted by atomic mass is 9.90. The molecule has 0 radical (unpaired) electrons. The van der Waals surface area contributed by atoms with Crippen LogP contribution in [0.5, 0.6) is 5.75 Å². The van der Waals surface area contributed by atoms with Crippen molar-refractivity contribution in [2.24, 2.45) is 5.92 Å². The third kappa shape index (κ3) is 3.76. The summed E-state index contributed by atoms with van der Waals surface area (Å²) in [5.41, 5.74) is 2.96. The minimum Gasteiger partial charge on any atom is -0.493 e. The molecule has 0 bridgehead atoms. The molecule has 1 aliphatic rings. The van der Waals surface area contributed by atoms with Crippen LogP contribution in [0.25, 0.3) is 11.1 Å². The molecule has 0 unspecified atom stereocenters. The number of hydrogen-bond donors (Lipinski definition) is 0. The van der Waals surface area contributed by atoms with Gasteiger partial charge in [-0.25, -0.2) is 0 Å². The maximum absolute atomic E-state index is 10.7. The van der Waals surface area contributed by atoms with E-state index in [1.807, 2.05) is 36.4 Å². The van der Waals surface area contributed by atoms with E-state index >= 15 is 0 Å². The SMILES string of the molecule is O=Cc1ccc(-c2ccc(OCC3CCCCC3)cc2)cc1. The van der Waals surface area contributed by atoms with E-state index in [1.165, 1.54) is 32.1 Å². The minimum atomic E-state index is 0.705. The molecule has 2 aromatic rings. The Morgan fingerprint density at radius 3 is 2.05 bits per heavy atom. The lowest BCUT2D eigenvalue weighted by Gasteiger charge is -2.21. The number of ether oxygens (including phenoxy) is 1. The summed E-state index contributed by atoms with van der Waals surface area (Å²) >= 11 is 0. The van der Waals surface area contributed by atoms with Gasteiger partial charge in [-0.1, -0.05) is 55.7 Å². The molecule has 0 heterocycles. The minimum absolute atomic E-state index is 0.705. The fourth-order valence-corrected chi connectivity index (χ4v) is 3.07. The Balaban J connectivity index is 1.60. The van der Waals surface area contributed by atoms with Crippen molar-refractivity contribution in [2.45, 2.75) is 32.1 Å². The number of benzene rings is 2. The standard InChI is InChI=1S/C20H22O2/c21-14-16-6-8-18(9-7-16)19-10-12-20(13-11-19)22-15-17-4-2-1-3-5-17/h6-14,17H,1-5,15H2. The summed E-state index contributed by atoms with van der Waals surface area (Å²) in [5.74, 6) is 1.67. The molecule has 0 N–H and O–H groups in total. The van der Waals surface area contributed by atoms with Crippen LogP contribution in [0.4, 0.5) is 0 Å². The highest BCUT2D eigenvalue weighted by molar-refractivity contribution is 5.76. The number of rotatable bonds is 5. The fraction of sp³-hybridized carbons (Fsp3) is 0.350. The normalized spacial score (nSPS) is 15.5. The molecule has 1 aliphatic carbocycles. The molecule has 1 saturated carbocycles. The van der Waals surface area contributed by atoms with Crippen molar-refractivity contribution in [1.29, 1.82) is 0 Å². The largest absolute Gasteiger partial charge is 0.493 e. The Morgan fingerprint density at radius 2 is 1.45 bits per heavy atom. The van der Waals surface area contributed by atoms with Crippen LogP contribution >= 0.6 is 0 Å². The van der Waals surface area contributed by atoms with Crippen molar-refractivity contribution in [2.75, 3.05) is 6.61 Å². The van der Waals surface area contributed by atoms with Gasteiger partial charge in [-0.15, -0.1) is 0 Å². The highest BCUT2D eigenvalue weighted by atomic mass is 16.5. The molecule has 0 saturated heterocycles. The molecule has 22 heavy (non-hydrogen) atoms. The highest BCUT2D eigenvalue weighted by Gasteiger charge is 2.13. The molecule has 0 aliphatic heterocycles. The third-order valence-corrected chi connectivity index (χ3v) is 4.44. The first-order chi connectivity index (χ1) is 10.8. The highest BCUT2D eigenvalue weighted by Crippen LogP contribution is 2.26. The van der Waals surface area contributed by atoms with Gasteiger partial charge in [0.25, 0.3) is 0 Å². The first kappa shape index (κ1) is 14.8. The first-order valence-electron chi connectivity index (χ1n) is 8.13. The second-order valence-corrected chi connectivity index (χ2v) is 6.08. The zero-order valence-electron chi connectivity index (χ0n) is 12.8. The van der Waals surface area contributed by atoms with Gasteiger partial charge in [0.15, 0.2) is 0 Å². The molecular formula is C20H22O2. The van der Waals surface area contributed by atoms with Gasteiger partial charge < -0.3 is 4.74 Å². The van der Waals surface area contributed by atoms with Gasteiger partial charge in [0.1, 0.15) is 12.0 Å². The van der Waals surface area contributed by atoms with Gasteiger partial charge in [-0.05, 0) is 42.0 Å². The second-order valence-electron chi connectivity index (χ2n) is 6.08. The Morgan fingerprint density at radius 1 is 0.864 bits per heavy atom. The number of carbonyl (C=O) groups is 1. The van der Waals surface area contributed by atoms with Crippen molar-refractivity contribution in [3.8, 4) is 16.9 Å². The summed E-state index contributed by atoms with van der Waals surface area (Å²) in [7, 11) is 0. The molecule has 114 valence electrons. The molecule has 0 amide bonds. The smallest absolute Gasteiger partial charge is 0.150 e. The topological polar surface area (TPSA) is 26.3 Å². The maximum atomic E-state index is 10.7. The van der Waals surface area contributed by atoms with E-state index in [1.54, 1.807) is 0 Å². The molecule has 2 heteroatoms. The Kier molecular flexibility index (Phi) is 4.89. The zero-order chi connectivity index (χ0) is 15.2. The predicted octanol–water partition coefficient (Wildman–Crippen LogP) is 5.13. The molecule has 0 atom stereocenters. The van der Waals surface area contributed by atoms with Gasteiger partial charge in [0.05, 0.1) is 6.61 Å². The lowest BCUT2D eigenvalue weighted by molar-refractivity contribution is 0.112. The van der Waals surface area contributed by atoms with Gasteiger partial charge in [0, 0.05) is 5.56 Å². The van der Waals surface area contributed by atoms with Gasteiger partial charge in [-0.2, -0.15) is 0 Å².